The first-order valence-corrected chi connectivity index (χ1v) is 9.86. The highest BCUT2D eigenvalue weighted by molar-refractivity contribution is 7.21. The summed E-state index contributed by atoms with van der Waals surface area (Å²) in [6.07, 6.45) is 0. The Balaban J connectivity index is 1.97. The van der Waals surface area contributed by atoms with Gasteiger partial charge in [-0.1, -0.05) is 18.2 Å². The number of hydrogen-bond acceptors (Lipinski definition) is 9. The number of nitrogens with zero attached hydrogens (tertiary/aromatic N) is 3. The first kappa shape index (κ1) is 18.5. The number of fused-ring (bicyclic) bond motifs is 1. The molecule has 0 fully saturated rings. The van der Waals surface area contributed by atoms with Crippen molar-refractivity contribution in [3.63, 3.8) is 0 Å². The third-order valence-corrected chi connectivity index (χ3v) is 6.30. The lowest BCUT2D eigenvalue weighted by molar-refractivity contribution is -0.384. The largest absolute Gasteiger partial charge is 0.397 e. The van der Waals surface area contributed by atoms with Gasteiger partial charge in [-0.15, -0.1) is 22.7 Å². The van der Waals surface area contributed by atoms with Gasteiger partial charge in [0.15, 0.2) is 0 Å². The van der Waals surface area contributed by atoms with E-state index >= 15 is 0 Å². The third kappa shape index (κ3) is 2.98. The molecule has 29 heavy (non-hydrogen) atoms. The monoisotopic (exact) mass is 421 g/mol. The lowest BCUT2D eigenvalue weighted by Crippen LogP contribution is -2.03. The molecule has 3 heterocycles. The van der Waals surface area contributed by atoms with Crippen molar-refractivity contribution < 1.29 is 9.72 Å². The summed E-state index contributed by atoms with van der Waals surface area (Å²) in [5, 5.41) is 23.0. The minimum atomic E-state index is -0.568. The number of non-ortho nitro benzene ring substituents is 1. The normalized spacial score (nSPS) is 10.7. The Morgan fingerprint density at radius 3 is 2.69 bits per heavy atom. The molecule has 4 N–H and O–H groups in total. The van der Waals surface area contributed by atoms with Gasteiger partial charge < -0.3 is 11.5 Å². The Hall–Kier alpha value is -3.81. The highest BCUT2D eigenvalue weighted by atomic mass is 32.1. The van der Waals surface area contributed by atoms with Gasteiger partial charge in [-0.05, 0) is 11.4 Å². The zero-order chi connectivity index (χ0) is 20.7. The van der Waals surface area contributed by atoms with Crippen LogP contribution in [0, 0.1) is 21.4 Å². The number of ketones is 1. The Kier molecular flexibility index (Phi) is 4.46. The van der Waals surface area contributed by atoms with E-state index in [2.05, 4.69) is 11.1 Å². The van der Waals surface area contributed by atoms with Gasteiger partial charge in [-0.25, -0.2) is 4.98 Å². The van der Waals surface area contributed by atoms with E-state index in [9.17, 15) is 20.2 Å². The SMILES string of the molecule is N#Cc1c(N)nc2sc(C(=O)c3cccc([N+](=O)[O-])c3)c(N)c2c1-c1cccs1. The summed E-state index contributed by atoms with van der Waals surface area (Å²) in [5.74, 6) is -0.401. The summed E-state index contributed by atoms with van der Waals surface area (Å²) < 4.78 is 0. The molecular formula is C19H11N5O3S2. The number of nitrogen functional groups attached to an aromatic ring is 2. The van der Waals surface area contributed by atoms with Gasteiger partial charge in [0.05, 0.1) is 10.6 Å². The van der Waals surface area contributed by atoms with Crippen LogP contribution in [0.4, 0.5) is 17.2 Å². The maximum Gasteiger partial charge on any atom is 0.270 e. The average molecular weight is 421 g/mol. The van der Waals surface area contributed by atoms with Crippen molar-refractivity contribution in [3.05, 3.63) is 67.9 Å². The number of pyridine rings is 1. The fourth-order valence-corrected chi connectivity index (χ4v) is 4.87. The summed E-state index contributed by atoms with van der Waals surface area (Å²) >= 11 is 2.46. The van der Waals surface area contributed by atoms with E-state index in [0.29, 0.717) is 15.8 Å². The molecule has 0 aliphatic heterocycles. The zero-order valence-corrected chi connectivity index (χ0v) is 16.2. The predicted octanol–water partition coefficient (Wildman–Crippen LogP) is 4.20. The Morgan fingerprint density at radius 1 is 1.24 bits per heavy atom. The molecular weight excluding hydrogens is 410 g/mol. The second kappa shape index (κ2) is 6.97. The van der Waals surface area contributed by atoms with E-state index in [4.69, 9.17) is 11.5 Å². The lowest BCUT2D eigenvalue weighted by atomic mass is 10.0. The molecule has 0 radical (unpaired) electrons. The van der Waals surface area contributed by atoms with Gasteiger partial charge in [-0.3, -0.25) is 14.9 Å². The fourth-order valence-electron chi connectivity index (χ4n) is 3.01. The van der Waals surface area contributed by atoms with E-state index in [1.165, 1.54) is 35.6 Å². The molecule has 0 saturated carbocycles. The Bertz CT molecular complexity index is 1340. The standard InChI is InChI=1S/C19H11N5O3S2/c20-8-11-13(12-5-2-6-28-12)14-15(21)17(29-19(14)23-18(11)22)16(25)9-3-1-4-10(7-9)24(26)27/h1-7H,21H2,(H2,22,23). The molecule has 3 aromatic heterocycles. The van der Waals surface area contributed by atoms with Gasteiger partial charge in [0.1, 0.15) is 27.2 Å². The van der Waals surface area contributed by atoms with Gasteiger partial charge in [0, 0.05) is 33.5 Å². The molecule has 0 spiro atoms. The molecule has 0 unspecified atom stereocenters. The molecule has 1 aromatic carbocycles. The van der Waals surface area contributed by atoms with Crippen molar-refractivity contribution in [2.45, 2.75) is 0 Å². The smallest absolute Gasteiger partial charge is 0.270 e. The van der Waals surface area contributed by atoms with E-state index in [1.54, 1.807) is 0 Å². The molecule has 0 atom stereocenters. The zero-order valence-electron chi connectivity index (χ0n) is 14.6. The highest BCUT2D eigenvalue weighted by Gasteiger charge is 2.25. The van der Waals surface area contributed by atoms with Crippen LogP contribution in [0.25, 0.3) is 20.7 Å². The average Bonchev–Trinajstić information content (AvgIpc) is 3.35. The van der Waals surface area contributed by atoms with Crippen LogP contribution >= 0.6 is 22.7 Å². The van der Waals surface area contributed by atoms with Crippen LogP contribution in [0.5, 0.6) is 0 Å². The number of nitro benzene ring substituents is 1. The highest BCUT2D eigenvalue weighted by Crippen LogP contribution is 2.44. The Labute approximate surface area is 171 Å². The summed E-state index contributed by atoms with van der Waals surface area (Å²) in [4.78, 5) is 29.1. The summed E-state index contributed by atoms with van der Waals surface area (Å²) in [6.45, 7) is 0. The number of hydrogen-bond donors (Lipinski definition) is 2. The number of nitro groups is 1. The molecule has 4 aromatic rings. The van der Waals surface area contributed by atoms with Crippen molar-refractivity contribution in [2.24, 2.45) is 0 Å². The molecule has 10 heteroatoms. The third-order valence-electron chi connectivity index (χ3n) is 4.31. The number of thiophene rings is 2. The van der Waals surface area contributed by atoms with Crippen molar-refractivity contribution >= 4 is 55.9 Å². The van der Waals surface area contributed by atoms with Gasteiger partial charge in [0.2, 0.25) is 5.78 Å². The molecule has 0 amide bonds. The van der Waals surface area contributed by atoms with Crippen LogP contribution in [-0.2, 0) is 0 Å². The van der Waals surface area contributed by atoms with Crippen molar-refractivity contribution in [2.75, 3.05) is 11.5 Å². The molecule has 4 rings (SSSR count). The number of carbonyl (C=O) groups is 1. The van der Waals surface area contributed by atoms with E-state index in [1.807, 2.05) is 17.5 Å². The number of nitrogens with two attached hydrogens (primary N) is 2. The Morgan fingerprint density at radius 2 is 2.03 bits per heavy atom. The number of benzene rings is 1. The van der Waals surface area contributed by atoms with Crippen LogP contribution in [0.1, 0.15) is 20.8 Å². The van der Waals surface area contributed by atoms with Crippen LogP contribution in [0.3, 0.4) is 0 Å². The number of nitriles is 1. The van der Waals surface area contributed by atoms with Crippen LogP contribution in [-0.4, -0.2) is 15.7 Å². The number of carbonyl (C=O) groups excluding carboxylic acids is 1. The summed E-state index contributed by atoms with van der Waals surface area (Å²) in [5.41, 5.74) is 13.2. The van der Waals surface area contributed by atoms with Crippen molar-refractivity contribution in [3.8, 4) is 16.5 Å². The van der Waals surface area contributed by atoms with Gasteiger partial charge in [-0.2, -0.15) is 5.26 Å². The second-order valence-electron chi connectivity index (χ2n) is 6.00. The van der Waals surface area contributed by atoms with Gasteiger partial charge in [0.25, 0.3) is 5.69 Å². The van der Waals surface area contributed by atoms with Crippen molar-refractivity contribution in [1.82, 2.24) is 4.98 Å². The molecule has 0 aliphatic rings. The van der Waals surface area contributed by atoms with Crippen LogP contribution < -0.4 is 11.5 Å². The van der Waals surface area contributed by atoms with Gasteiger partial charge >= 0.3 is 0 Å². The fraction of sp³-hybridized carbons (Fsp3) is 0. The number of aromatic nitrogens is 1. The quantitative estimate of drug-likeness (QED) is 0.285. The lowest BCUT2D eigenvalue weighted by Gasteiger charge is -2.07. The minimum Gasteiger partial charge on any atom is -0.397 e. The molecule has 8 nitrogen and oxygen atoms in total. The van der Waals surface area contributed by atoms with Crippen LogP contribution in [0.15, 0.2) is 41.8 Å². The second-order valence-corrected chi connectivity index (χ2v) is 7.94. The first-order chi connectivity index (χ1) is 13.9. The number of anilines is 2. The van der Waals surface area contributed by atoms with E-state index < -0.39 is 10.7 Å². The molecule has 0 bridgehead atoms. The maximum absolute atomic E-state index is 13.0. The minimum absolute atomic E-state index is 0.0546. The maximum atomic E-state index is 13.0. The van der Waals surface area contributed by atoms with E-state index in [-0.39, 0.29) is 33.2 Å². The summed E-state index contributed by atoms with van der Waals surface area (Å²) in [7, 11) is 0. The van der Waals surface area contributed by atoms with Crippen LogP contribution in [0.2, 0.25) is 0 Å². The molecule has 142 valence electrons. The number of rotatable bonds is 4. The van der Waals surface area contributed by atoms with E-state index in [0.717, 1.165) is 16.2 Å². The van der Waals surface area contributed by atoms with Crippen molar-refractivity contribution in [1.29, 1.82) is 5.26 Å². The first-order valence-electron chi connectivity index (χ1n) is 8.17. The molecule has 0 aliphatic carbocycles. The summed E-state index contributed by atoms with van der Waals surface area (Å²) in [6, 6.07) is 11.2. The molecule has 0 saturated heterocycles. The predicted molar refractivity (Wildman–Crippen MR) is 113 cm³/mol. The topological polar surface area (TPSA) is 149 Å².